The minimum atomic E-state index is 0.0257. The van der Waals surface area contributed by atoms with Gasteiger partial charge in [0.15, 0.2) is 0 Å². The number of ether oxygens (including phenoxy) is 1. The van der Waals surface area contributed by atoms with Crippen molar-refractivity contribution in [2.24, 2.45) is 0 Å². The zero-order chi connectivity index (χ0) is 14.7. The van der Waals surface area contributed by atoms with Crippen LogP contribution in [0, 0.1) is 0 Å². The monoisotopic (exact) mass is 290 g/mol. The number of hydrogen-bond acceptors (Lipinski definition) is 4. The maximum Gasteiger partial charge on any atom is 0.317 e. The predicted molar refractivity (Wildman–Crippen MR) is 82.4 cm³/mol. The Labute approximate surface area is 124 Å². The number of benzene rings is 1. The number of nitrogen functional groups attached to an aromatic ring is 1. The fourth-order valence-electron chi connectivity index (χ4n) is 2.80. The van der Waals surface area contributed by atoms with Crippen LogP contribution in [0.1, 0.15) is 6.42 Å². The van der Waals surface area contributed by atoms with Crippen LogP contribution in [0.25, 0.3) is 0 Å². The van der Waals surface area contributed by atoms with Crippen molar-refractivity contribution >= 4 is 17.4 Å². The molecule has 1 aromatic rings. The van der Waals surface area contributed by atoms with E-state index in [4.69, 9.17) is 10.5 Å². The summed E-state index contributed by atoms with van der Waals surface area (Å²) in [6, 6.07) is 8.08. The lowest BCUT2D eigenvalue weighted by atomic mass is 10.2. The van der Waals surface area contributed by atoms with Crippen molar-refractivity contribution in [2.45, 2.75) is 12.5 Å². The molecule has 0 saturated carbocycles. The van der Waals surface area contributed by atoms with Gasteiger partial charge in [-0.05, 0) is 24.6 Å². The number of rotatable bonds is 2. The molecule has 0 bridgehead atoms. The highest BCUT2D eigenvalue weighted by molar-refractivity contribution is 5.75. The Morgan fingerprint density at radius 2 is 2.10 bits per heavy atom. The first-order valence-corrected chi connectivity index (χ1v) is 7.46. The molecule has 0 radical (unpaired) electrons. The van der Waals surface area contributed by atoms with Crippen LogP contribution in [0.3, 0.4) is 0 Å². The molecule has 0 aliphatic carbocycles. The van der Waals surface area contributed by atoms with Gasteiger partial charge in [-0.25, -0.2) is 4.79 Å². The van der Waals surface area contributed by atoms with Crippen LogP contribution < -0.4 is 16.0 Å². The Bertz CT molecular complexity index is 494. The van der Waals surface area contributed by atoms with Crippen LogP contribution in [0.5, 0.6) is 0 Å². The highest BCUT2D eigenvalue weighted by Crippen LogP contribution is 2.19. The van der Waals surface area contributed by atoms with Gasteiger partial charge in [0.25, 0.3) is 0 Å². The molecule has 2 heterocycles. The van der Waals surface area contributed by atoms with Crippen molar-refractivity contribution in [1.82, 2.24) is 10.2 Å². The summed E-state index contributed by atoms with van der Waals surface area (Å²) in [5.41, 5.74) is 7.72. The number of amides is 2. The van der Waals surface area contributed by atoms with Crippen molar-refractivity contribution in [1.29, 1.82) is 0 Å². The van der Waals surface area contributed by atoms with Crippen LogP contribution in [-0.2, 0) is 4.74 Å². The van der Waals surface area contributed by atoms with Crippen LogP contribution >= 0.6 is 0 Å². The van der Waals surface area contributed by atoms with Crippen LogP contribution in [-0.4, -0.2) is 56.4 Å². The molecular formula is C15H22N4O2. The highest BCUT2D eigenvalue weighted by Gasteiger charge is 2.24. The normalized spacial score (nSPS) is 22.4. The molecule has 6 heteroatoms. The minimum absolute atomic E-state index is 0.0257. The van der Waals surface area contributed by atoms with Crippen LogP contribution in [0.15, 0.2) is 24.3 Å². The van der Waals surface area contributed by atoms with E-state index in [0.717, 1.165) is 50.6 Å². The zero-order valence-electron chi connectivity index (χ0n) is 12.1. The van der Waals surface area contributed by atoms with E-state index < -0.39 is 0 Å². The molecule has 114 valence electrons. The van der Waals surface area contributed by atoms with Gasteiger partial charge in [-0.15, -0.1) is 0 Å². The van der Waals surface area contributed by atoms with Crippen LogP contribution in [0.4, 0.5) is 16.2 Å². The number of anilines is 2. The Hall–Kier alpha value is -1.95. The van der Waals surface area contributed by atoms with E-state index in [0.29, 0.717) is 6.61 Å². The van der Waals surface area contributed by atoms with Gasteiger partial charge in [-0.3, -0.25) is 0 Å². The molecule has 1 unspecified atom stereocenters. The van der Waals surface area contributed by atoms with Gasteiger partial charge in [-0.2, -0.15) is 0 Å². The maximum absolute atomic E-state index is 12.2. The quantitative estimate of drug-likeness (QED) is 0.794. The predicted octanol–water partition coefficient (Wildman–Crippen LogP) is 0.889. The van der Waals surface area contributed by atoms with E-state index in [2.05, 4.69) is 16.3 Å². The van der Waals surface area contributed by atoms with Gasteiger partial charge >= 0.3 is 6.03 Å². The molecule has 2 amide bonds. The van der Waals surface area contributed by atoms with E-state index in [9.17, 15) is 4.79 Å². The topological polar surface area (TPSA) is 70.8 Å². The van der Waals surface area contributed by atoms with Gasteiger partial charge in [0.05, 0.1) is 12.6 Å². The van der Waals surface area contributed by atoms with Gasteiger partial charge in [-0.1, -0.05) is 6.07 Å². The lowest BCUT2D eigenvalue weighted by Crippen LogP contribution is -2.53. The van der Waals surface area contributed by atoms with E-state index >= 15 is 0 Å². The fourth-order valence-corrected chi connectivity index (χ4v) is 2.80. The fraction of sp³-hybridized carbons (Fsp3) is 0.533. The van der Waals surface area contributed by atoms with Crippen molar-refractivity contribution in [3.05, 3.63) is 24.3 Å². The van der Waals surface area contributed by atoms with Crippen LogP contribution in [0.2, 0.25) is 0 Å². The molecule has 3 rings (SSSR count). The molecule has 3 N–H and O–H groups in total. The highest BCUT2D eigenvalue weighted by atomic mass is 16.5. The van der Waals surface area contributed by atoms with Crippen molar-refractivity contribution in [2.75, 3.05) is 50.0 Å². The molecule has 1 atom stereocenters. The lowest BCUT2D eigenvalue weighted by Gasteiger charge is -2.36. The molecule has 1 aromatic carbocycles. The van der Waals surface area contributed by atoms with Crippen molar-refractivity contribution < 1.29 is 9.53 Å². The molecule has 2 aliphatic rings. The average Bonchev–Trinajstić information content (AvgIpc) is 3.00. The number of nitrogens with two attached hydrogens (primary N) is 1. The molecule has 2 aliphatic heterocycles. The van der Waals surface area contributed by atoms with Gasteiger partial charge in [0.1, 0.15) is 0 Å². The molecule has 0 spiro atoms. The number of piperazine rings is 1. The third kappa shape index (κ3) is 3.39. The first kappa shape index (κ1) is 14.0. The van der Waals surface area contributed by atoms with Gasteiger partial charge in [0, 0.05) is 44.2 Å². The van der Waals surface area contributed by atoms with E-state index in [-0.39, 0.29) is 12.1 Å². The Morgan fingerprint density at radius 1 is 1.29 bits per heavy atom. The maximum atomic E-state index is 12.2. The Kier molecular flexibility index (Phi) is 4.15. The summed E-state index contributed by atoms with van der Waals surface area (Å²) in [7, 11) is 0. The standard InChI is InChI=1S/C15H22N4O2/c16-12-2-1-3-14(10-12)18-5-7-19(8-6-18)15(20)17-13-4-9-21-11-13/h1-3,10,13H,4-9,11,16H2,(H,17,20). The SMILES string of the molecule is Nc1cccc(N2CCN(C(=O)NC3CCOC3)CC2)c1. The second kappa shape index (κ2) is 6.22. The molecule has 2 saturated heterocycles. The summed E-state index contributed by atoms with van der Waals surface area (Å²) in [4.78, 5) is 16.3. The summed E-state index contributed by atoms with van der Waals surface area (Å²) in [5.74, 6) is 0. The number of carbonyl (C=O) groups is 1. The summed E-state index contributed by atoms with van der Waals surface area (Å²) in [6.07, 6.45) is 0.912. The van der Waals surface area contributed by atoms with Crippen molar-refractivity contribution in [3.8, 4) is 0 Å². The van der Waals surface area contributed by atoms with Gasteiger partial charge in [0.2, 0.25) is 0 Å². The molecule has 0 aromatic heterocycles. The lowest BCUT2D eigenvalue weighted by molar-refractivity contribution is 0.176. The summed E-state index contributed by atoms with van der Waals surface area (Å²) in [5, 5.41) is 3.04. The molecule has 2 fully saturated rings. The molecular weight excluding hydrogens is 268 g/mol. The van der Waals surface area contributed by atoms with Crippen molar-refractivity contribution in [3.63, 3.8) is 0 Å². The Morgan fingerprint density at radius 3 is 2.76 bits per heavy atom. The molecule has 21 heavy (non-hydrogen) atoms. The summed E-state index contributed by atoms with van der Waals surface area (Å²) in [6.45, 7) is 4.50. The van der Waals surface area contributed by atoms with Gasteiger partial charge < -0.3 is 25.6 Å². The number of carbonyl (C=O) groups excluding carboxylic acids is 1. The zero-order valence-corrected chi connectivity index (χ0v) is 12.1. The smallest absolute Gasteiger partial charge is 0.317 e. The first-order valence-electron chi connectivity index (χ1n) is 7.46. The third-order valence-electron chi connectivity index (χ3n) is 4.06. The third-order valence-corrected chi connectivity index (χ3v) is 4.06. The summed E-state index contributed by atoms with van der Waals surface area (Å²) < 4.78 is 5.28. The number of nitrogens with one attached hydrogen (secondary N) is 1. The number of hydrogen-bond donors (Lipinski definition) is 2. The number of urea groups is 1. The molecule has 6 nitrogen and oxygen atoms in total. The second-order valence-corrected chi connectivity index (χ2v) is 5.58. The minimum Gasteiger partial charge on any atom is -0.399 e. The average molecular weight is 290 g/mol. The van der Waals surface area contributed by atoms with E-state index in [1.807, 2.05) is 23.1 Å². The number of nitrogens with zero attached hydrogens (tertiary/aromatic N) is 2. The van der Waals surface area contributed by atoms with E-state index in [1.54, 1.807) is 0 Å². The largest absolute Gasteiger partial charge is 0.399 e. The second-order valence-electron chi connectivity index (χ2n) is 5.58. The Balaban J connectivity index is 1.51. The van der Waals surface area contributed by atoms with E-state index in [1.165, 1.54) is 0 Å². The summed E-state index contributed by atoms with van der Waals surface area (Å²) >= 11 is 0. The first-order chi connectivity index (χ1) is 10.2.